The van der Waals surface area contributed by atoms with E-state index < -0.39 is 6.10 Å². The quantitative estimate of drug-likeness (QED) is 0.0373. The third-order valence-electron chi connectivity index (χ3n) is 12.0. The number of hydrogen-bond donors (Lipinski definition) is 1. The lowest BCUT2D eigenvalue weighted by Gasteiger charge is -2.15. The van der Waals surface area contributed by atoms with Crippen molar-refractivity contribution in [2.75, 3.05) is 13.2 Å². The van der Waals surface area contributed by atoms with Crippen LogP contribution in [0.25, 0.3) is 0 Å². The van der Waals surface area contributed by atoms with Crippen molar-refractivity contribution in [2.24, 2.45) is 0 Å². The summed E-state index contributed by atoms with van der Waals surface area (Å²) in [5.74, 6) is -0.626. The zero-order valence-corrected chi connectivity index (χ0v) is 47.3. The maximum atomic E-state index is 12.3. The van der Waals surface area contributed by atoms with Gasteiger partial charge in [-0.1, -0.05) is 261 Å². The fourth-order valence-electron chi connectivity index (χ4n) is 7.63. The van der Waals surface area contributed by atoms with Crippen LogP contribution in [0.1, 0.15) is 232 Å². The smallest absolute Gasteiger partial charge is 0.306 e. The highest BCUT2D eigenvalue weighted by Crippen LogP contribution is 2.14. The third kappa shape index (κ3) is 59.8. The Morgan fingerprint density at radius 3 is 0.811 bits per heavy atom. The van der Waals surface area contributed by atoms with E-state index in [-0.39, 0.29) is 25.2 Å². The van der Waals surface area contributed by atoms with Gasteiger partial charge in [-0.3, -0.25) is 9.59 Å². The van der Waals surface area contributed by atoms with Crippen molar-refractivity contribution in [2.45, 2.75) is 238 Å². The summed E-state index contributed by atoms with van der Waals surface area (Å²) >= 11 is 0. The third-order valence-corrected chi connectivity index (χ3v) is 12.0. The molecule has 0 aliphatic heterocycles. The predicted octanol–water partition coefficient (Wildman–Crippen LogP) is 20.5. The highest BCUT2D eigenvalue weighted by molar-refractivity contribution is 5.70. The number of esters is 2. The molecular weight excluding hydrogens is 909 g/mol. The van der Waals surface area contributed by atoms with Gasteiger partial charge in [0.15, 0.2) is 6.10 Å². The van der Waals surface area contributed by atoms with Crippen LogP contribution in [0, 0.1) is 0 Å². The number of allylic oxidation sites excluding steroid dienone is 28. The summed E-state index contributed by atoms with van der Waals surface area (Å²) < 4.78 is 10.7. The highest BCUT2D eigenvalue weighted by atomic mass is 16.6. The Hall–Kier alpha value is -4.74. The topological polar surface area (TPSA) is 72.8 Å². The fraction of sp³-hybridized carbons (Fsp3) is 0.565. The van der Waals surface area contributed by atoms with Crippen LogP contribution in [0.15, 0.2) is 170 Å². The van der Waals surface area contributed by atoms with E-state index >= 15 is 0 Å². The molecule has 5 heteroatoms. The SMILES string of the molecule is CC/C=C\C/C=C\C/C=C\C/C=C\C/C=C\C/C=C\C/C=C\C/C=C\C/C=C\CCCCCCCCCCCCCC(=O)OC(CO)COC(=O)CCCCCCC/C=C\C/C=C\C/C=C\C/C=C\C/C=C\CC. The molecule has 1 unspecified atom stereocenters. The number of unbranched alkanes of at least 4 members (excludes halogenated alkanes) is 16. The summed E-state index contributed by atoms with van der Waals surface area (Å²) in [7, 11) is 0. The van der Waals surface area contributed by atoms with Gasteiger partial charge in [-0.05, 0) is 128 Å². The van der Waals surface area contributed by atoms with E-state index in [1.54, 1.807) is 0 Å². The Morgan fingerprint density at radius 2 is 0.541 bits per heavy atom. The second kappa shape index (κ2) is 62.6. The molecule has 414 valence electrons. The zero-order valence-electron chi connectivity index (χ0n) is 47.3. The lowest BCUT2D eigenvalue weighted by atomic mass is 10.0. The summed E-state index contributed by atoms with van der Waals surface area (Å²) in [6.45, 7) is 3.88. The van der Waals surface area contributed by atoms with E-state index in [4.69, 9.17) is 9.47 Å². The number of aliphatic hydroxyl groups excluding tert-OH is 1. The number of rotatable bonds is 52. The van der Waals surface area contributed by atoms with Crippen molar-refractivity contribution in [1.82, 2.24) is 0 Å². The predicted molar refractivity (Wildman–Crippen MR) is 324 cm³/mol. The maximum absolute atomic E-state index is 12.3. The first-order valence-corrected chi connectivity index (χ1v) is 29.7. The van der Waals surface area contributed by atoms with Gasteiger partial charge in [0, 0.05) is 12.8 Å². The fourth-order valence-corrected chi connectivity index (χ4v) is 7.63. The number of ether oxygens (including phenoxy) is 2. The summed E-state index contributed by atoms with van der Waals surface area (Å²) in [6.07, 6.45) is 97.5. The van der Waals surface area contributed by atoms with E-state index in [1.165, 1.54) is 57.8 Å². The number of aliphatic hydroxyl groups is 1. The normalized spacial score (nSPS) is 13.5. The van der Waals surface area contributed by atoms with E-state index in [0.717, 1.165) is 148 Å². The van der Waals surface area contributed by atoms with Gasteiger partial charge >= 0.3 is 11.9 Å². The van der Waals surface area contributed by atoms with Gasteiger partial charge in [0.1, 0.15) is 6.61 Å². The van der Waals surface area contributed by atoms with Crippen LogP contribution in [0.2, 0.25) is 0 Å². The van der Waals surface area contributed by atoms with E-state index in [0.29, 0.717) is 12.8 Å². The van der Waals surface area contributed by atoms with Crippen LogP contribution in [0.3, 0.4) is 0 Å². The Bertz CT molecular complexity index is 1670. The highest BCUT2D eigenvalue weighted by Gasteiger charge is 2.16. The second-order valence-corrected chi connectivity index (χ2v) is 19.0. The average molecular weight is 1020 g/mol. The van der Waals surface area contributed by atoms with Gasteiger partial charge in [0.2, 0.25) is 0 Å². The summed E-state index contributed by atoms with van der Waals surface area (Å²) in [5, 5.41) is 9.66. The first-order valence-electron chi connectivity index (χ1n) is 29.7. The largest absolute Gasteiger partial charge is 0.462 e. The van der Waals surface area contributed by atoms with Crippen LogP contribution in [-0.2, 0) is 19.1 Å². The van der Waals surface area contributed by atoms with Gasteiger partial charge in [0.05, 0.1) is 6.61 Å². The summed E-state index contributed by atoms with van der Waals surface area (Å²) in [4.78, 5) is 24.5. The molecule has 0 radical (unpaired) electrons. The molecule has 0 aliphatic carbocycles. The lowest BCUT2D eigenvalue weighted by Crippen LogP contribution is -2.28. The molecular formula is C69H108O5. The monoisotopic (exact) mass is 1020 g/mol. The van der Waals surface area contributed by atoms with Crippen LogP contribution < -0.4 is 0 Å². The van der Waals surface area contributed by atoms with E-state index in [1.807, 2.05) is 0 Å². The minimum absolute atomic E-state index is 0.0873. The number of carbonyl (C=O) groups excluding carboxylic acids is 2. The Balaban J connectivity index is 3.60. The minimum atomic E-state index is -0.795. The molecule has 0 aromatic heterocycles. The van der Waals surface area contributed by atoms with Crippen molar-refractivity contribution in [1.29, 1.82) is 0 Å². The van der Waals surface area contributed by atoms with E-state index in [2.05, 4.69) is 184 Å². The van der Waals surface area contributed by atoms with Crippen molar-refractivity contribution in [3.05, 3.63) is 170 Å². The summed E-state index contributed by atoms with van der Waals surface area (Å²) in [5.41, 5.74) is 0. The summed E-state index contributed by atoms with van der Waals surface area (Å²) in [6, 6.07) is 0. The molecule has 0 fully saturated rings. The van der Waals surface area contributed by atoms with Gasteiger partial charge in [-0.2, -0.15) is 0 Å². The molecule has 5 nitrogen and oxygen atoms in total. The molecule has 0 bridgehead atoms. The van der Waals surface area contributed by atoms with Gasteiger partial charge in [0.25, 0.3) is 0 Å². The molecule has 0 aromatic carbocycles. The molecule has 1 atom stereocenters. The molecule has 0 rings (SSSR count). The molecule has 0 heterocycles. The van der Waals surface area contributed by atoms with Crippen LogP contribution in [-0.4, -0.2) is 36.4 Å². The van der Waals surface area contributed by atoms with Crippen molar-refractivity contribution >= 4 is 11.9 Å². The van der Waals surface area contributed by atoms with E-state index in [9.17, 15) is 14.7 Å². The van der Waals surface area contributed by atoms with Crippen molar-refractivity contribution < 1.29 is 24.2 Å². The zero-order chi connectivity index (χ0) is 53.4. The standard InChI is InChI=1S/C69H108O5/c1-3-5-7-9-11-13-15-17-19-21-23-25-26-27-28-29-30-31-32-33-34-35-36-37-38-39-40-41-42-44-46-48-50-52-54-56-58-60-62-64-69(72)74-67(65-70)66-73-68(71)63-61-59-57-55-53-51-49-47-45-43-24-22-20-18-16-14-12-10-8-6-4-2/h5-8,11-14,17-20,23-25,27-28,30-31,33-34,36-37,39-40,43,47,49,67,70H,3-4,9-10,15-16,21-22,26,29,32,35,38,41-42,44-46,48,50-66H2,1-2H3/b7-5-,8-6-,13-11-,14-12-,19-17-,20-18-,25-23-,28-27-,31-30-,34-33-,37-36-,40-39-,43-24-,49-47-. The van der Waals surface area contributed by atoms with Crippen LogP contribution in [0.5, 0.6) is 0 Å². The molecule has 0 amide bonds. The van der Waals surface area contributed by atoms with Gasteiger partial charge in [-0.15, -0.1) is 0 Å². The number of hydrogen-bond acceptors (Lipinski definition) is 5. The minimum Gasteiger partial charge on any atom is -0.462 e. The molecule has 0 saturated heterocycles. The molecule has 1 N–H and O–H groups in total. The molecule has 74 heavy (non-hydrogen) atoms. The second-order valence-electron chi connectivity index (χ2n) is 19.0. The molecule has 0 saturated carbocycles. The van der Waals surface area contributed by atoms with Crippen molar-refractivity contribution in [3.8, 4) is 0 Å². The Morgan fingerprint density at radius 1 is 0.311 bits per heavy atom. The van der Waals surface area contributed by atoms with Gasteiger partial charge < -0.3 is 14.6 Å². The molecule has 0 spiro atoms. The van der Waals surface area contributed by atoms with Crippen LogP contribution >= 0.6 is 0 Å². The first kappa shape index (κ1) is 69.3. The van der Waals surface area contributed by atoms with Gasteiger partial charge in [-0.25, -0.2) is 0 Å². The first-order chi connectivity index (χ1) is 36.6. The van der Waals surface area contributed by atoms with Crippen molar-refractivity contribution in [3.63, 3.8) is 0 Å². The number of carbonyl (C=O) groups is 2. The van der Waals surface area contributed by atoms with Crippen LogP contribution in [0.4, 0.5) is 0 Å². The molecule has 0 aromatic rings. The maximum Gasteiger partial charge on any atom is 0.306 e. The lowest BCUT2D eigenvalue weighted by molar-refractivity contribution is -0.161. The Labute approximate surface area is 455 Å². The molecule has 0 aliphatic rings. The average Bonchev–Trinajstić information content (AvgIpc) is 3.40. The Kier molecular flexibility index (Phi) is 58.5.